The molecule has 9 heteroatoms. The second kappa shape index (κ2) is 11.6. The van der Waals surface area contributed by atoms with Crippen molar-refractivity contribution in [1.82, 2.24) is 14.4 Å². The minimum absolute atomic E-state index is 0.112. The zero-order valence-corrected chi connectivity index (χ0v) is 24.1. The smallest absolute Gasteiger partial charge is 0.262 e. The van der Waals surface area contributed by atoms with Gasteiger partial charge in [-0.25, -0.2) is 8.42 Å². The van der Waals surface area contributed by atoms with Gasteiger partial charge in [0, 0.05) is 19.3 Å². The average molecular weight is 553 g/mol. The molecule has 2 saturated heterocycles. The number of nitrogens with one attached hydrogen (secondary N) is 1. The number of anilines is 1. The Labute approximate surface area is 232 Å². The number of aryl methyl sites for hydroxylation is 2. The fourth-order valence-corrected chi connectivity index (χ4v) is 7.64. The van der Waals surface area contributed by atoms with Crippen molar-refractivity contribution in [3.05, 3.63) is 53.7 Å². The molecule has 0 saturated carbocycles. The van der Waals surface area contributed by atoms with Crippen LogP contribution < -0.4 is 9.46 Å². The van der Waals surface area contributed by atoms with Crippen LogP contribution in [0.5, 0.6) is 5.75 Å². The summed E-state index contributed by atoms with van der Waals surface area (Å²) in [5.41, 5.74) is 2.53. The van der Waals surface area contributed by atoms with E-state index in [1.165, 1.54) is 38.9 Å². The van der Waals surface area contributed by atoms with Gasteiger partial charge in [-0.3, -0.25) is 9.52 Å². The lowest BCUT2D eigenvalue weighted by Crippen LogP contribution is -2.40. The summed E-state index contributed by atoms with van der Waals surface area (Å²) in [7, 11) is -2.25. The normalized spacial score (nSPS) is 17.2. The second-order valence-corrected chi connectivity index (χ2v) is 12.7. The van der Waals surface area contributed by atoms with Gasteiger partial charge in [-0.1, -0.05) is 6.07 Å². The van der Waals surface area contributed by atoms with E-state index in [4.69, 9.17) is 4.74 Å². The molecule has 5 rings (SSSR count). The van der Waals surface area contributed by atoms with Crippen LogP contribution in [0.15, 0.2) is 47.5 Å². The quantitative estimate of drug-likeness (QED) is 0.413. The van der Waals surface area contributed by atoms with E-state index >= 15 is 0 Å². The lowest BCUT2D eigenvalue weighted by Gasteiger charge is -2.33. The van der Waals surface area contributed by atoms with Crippen LogP contribution in [0, 0.1) is 19.8 Å². The van der Waals surface area contributed by atoms with Crippen LogP contribution in [0.4, 0.5) is 5.69 Å². The number of nitrogens with zero attached hydrogens (tertiary/aromatic N) is 3. The Hall–Kier alpha value is -3.04. The Balaban J connectivity index is 1.23. The molecule has 3 aromatic rings. The summed E-state index contributed by atoms with van der Waals surface area (Å²) in [6.07, 6.45) is 7.94. The highest BCUT2D eigenvalue weighted by Gasteiger charge is 2.25. The summed E-state index contributed by atoms with van der Waals surface area (Å²) in [5, 5.41) is 0.961. The number of likely N-dealkylation sites (tertiary alicyclic amines) is 2. The number of carbonyl (C=O) groups is 1. The van der Waals surface area contributed by atoms with E-state index in [0.717, 1.165) is 36.8 Å². The first-order valence-electron chi connectivity index (χ1n) is 14.0. The molecule has 0 spiro atoms. The van der Waals surface area contributed by atoms with E-state index in [0.29, 0.717) is 28.5 Å². The minimum Gasteiger partial charge on any atom is -0.497 e. The molecule has 8 nitrogen and oxygen atoms in total. The largest absolute Gasteiger partial charge is 0.497 e. The maximum atomic E-state index is 13.3. The fraction of sp³-hybridized carbons (Fsp3) is 0.500. The molecular formula is C30H40N4O4S. The minimum atomic E-state index is -3.81. The first-order valence-corrected chi connectivity index (χ1v) is 15.5. The molecule has 210 valence electrons. The monoisotopic (exact) mass is 552 g/mol. The molecule has 1 aromatic heterocycles. The zero-order chi connectivity index (χ0) is 27.6. The number of carbonyl (C=O) groups excluding carboxylic acids is 1. The van der Waals surface area contributed by atoms with Gasteiger partial charge in [0.2, 0.25) is 5.91 Å². The summed E-state index contributed by atoms with van der Waals surface area (Å²) in [6.45, 7) is 9.08. The molecular weight excluding hydrogens is 512 g/mol. The van der Waals surface area contributed by atoms with Crippen molar-refractivity contribution in [2.75, 3.05) is 44.6 Å². The Morgan fingerprint density at radius 2 is 1.69 bits per heavy atom. The Bertz CT molecular complexity index is 1410. The van der Waals surface area contributed by atoms with Gasteiger partial charge in [-0.2, -0.15) is 0 Å². The van der Waals surface area contributed by atoms with E-state index in [-0.39, 0.29) is 17.3 Å². The highest BCUT2D eigenvalue weighted by molar-refractivity contribution is 7.92. The third kappa shape index (κ3) is 6.25. The first-order chi connectivity index (χ1) is 18.7. The lowest BCUT2D eigenvalue weighted by molar-refractivity contribution is -0.133. The highest BCUT2D eigenvalue weighted by atomic mass is 32.2. The molecule has 2 aliphatic rings. The molecule has 2 aliphatic heterocycles. The number of piperidine rings is 1. The van der Waals surface area contributed by atoms with Crippen molar-refractivity contribution in [2.45, 2.75) is 57.4 Å². The Morgan fingerprint density at radius 3 is 2.36 bits per heavy atom. The Kier molecular flexibility index (Phi) is 8.19. The average Bonchev–Trinajstić information content (AvgIpc) is 3.57. The summed E-state index contributed by atoms with van der Waals surface area (Å²) < 4.78 is 36.5. The first kappa shape index (κ1) is 27.5. The van der Waals surface area contributed by atoms with Crippen LogP contribution in [-0.2, 0) is 21.4 Å². The van der Waals surface area contributed by atoms with Gasteiger partial charge in [0.05, 0.1) is 23.2 Å². The molecule has 2 aromatic carbocycles. The number of methoxy groups -OCH3 is 1. The van der Waals surface area contributed by atoms with E-state index in [1.54, 1.807) is 45.2 Å². The summed E-state index contributed by atoms with van der Waals surface area (Å²) in [5.74, 6) is 1.44. The van der Waals surface area contributed by atoms with Crippen molar-refractivity contribution >= 4 is 32.5 Å². The van der Waals surface area contributed by atoms with Crippen LogP contribution in [0.1, 0.15) is 43.2 Å². The molecule has 0 atom stereocenters. The van der Waals surface area contributed by atoms with Crippen LogP contribution in [0.25, 0.3) is 10.9 Å². The lowest BCUT2D eigenvalue weighted by atomic mass is 9.93. The predicted molar refractivity (Wildman–Crippen MR) is 155 cm³/mol. The molecule has 1 N–H and O–H groups in total. The van der Waals surface area contributed by atoms with E-state index in [2.05, 4.69) is 9.62 Å². The number of fused-ring (bicyclic) bond motifs is 1. The Morgan fingerprint density at radius 1 is 1.00 bits per heavy atom. The van der Waals surface area contributed by atoms with Crippen molar-refractivity contribution in [1.29, 1.82) is 0 Å². The summed E-state index contributed by atoms with van der Waals surface area (Å²) >= 11 is 0. The molecule has 2 fully saturated rings. The third-order valence-corrected chi connectivity index (χ3v) is 9.98. The number of benzene rings is 2. The predicted octanol–water partition coefficient (Wildman–Crippen LogP) is 4.79. The SMILES string of the molecule is COc1cc(C)c(S(=O)(=O)Nc2ccc3ccn(CC(=O)N4CCC(CCN5CCCC5)CC4)c3c2)c(C)c1. The van der Waals surface area contributed by atoms with Crippen LogP contribution >= 0.6 is 0 Å². The van der Waals surface area contributed by atoms with Crippen molar-refractivity contribution < 1.29 is 17.9 Å². The van der Waals surface area contributed by atoms with Crippen LogP contribution in [-0.4, -0.2) is 68.5 Å². The molecule has 1 amide bonds. The van der Waals surface area contributed by atoms with E-state index in [9.17, 15) is 13.2 Å². The maximum absolute atomic E-state index is 13.3. The molecule has 39 heavy (non-hydrogen) atoms. The maximum Gasteiger partial charge on any atom is 0.262 e. The topological polar surface area (TPSA) is 83.9 Å². The van der Waals surface area contributed by atoms with Gasteiger partial charge in [0.25, 0.3) is 10.0 Å². The van der Waals surface area contributed by atoms with Gasteiger partial charge >= 0.3 is 0 Å². The van der Waals surface area contributed by atoms with Crippen molar-refractivity contribution in [2.24, 2.45) is 5.92 Å². The number of sulfonamides is 1. The van der Waals surface area contributed by atoms with Gasteiger partial charge in [0.1, 0.15) is 12.3 Å². The number of amides is 1. The number of aromatic nitrogens is 1. The van der Waals surface area contributed by atoms with Gasteiger partial charge < -0.3 is 19.1 Å². The van der Waals surface area contributed by atoms with Crippen LogP contribution in [0.3, 0.4) is 0 Å². The van der Waals surface area contributed by atoms with Gasteiger partial charge in [-0.15, -0.1) is 0 Å². The molecule has 0 unspecified atom stereocenters. The summed E-state index contributed by atoms with van der Waals surface area (Å²) in [4.78, 5) is 18.0. The van der Waals surface area contributed by atoms with E-state index in [1.807, 2.05) is 27.8 Å². The van der Waals surface area contributed by atoms with E-state index < -0.39 is 10.0 Å². The van der Waals surface area contributed by atoms with Crippen LogP contribution in [0.2, 0.25) is 0 Å². The van der Waals surface area contributed by atoms with Gasteiger partial charge in [0.15, 0.2) is 0 Å². The molecule has 0 radical (unpaired) electrons. The molecule has 0 aliphatic carbocycles. The number of hydrogen-bond donors (Lipinski definition) is 1. The molecule has 0 bridgehead atoms. The van der Waals surface area contributed by atoms with Gasteiger partial charge in [-0.05, 0) is 118 Å². The zero-order valence-electron chi connectivity index (χ0n) is 23.3. The fourth-order valence-electron chi connectivity index (χ4n) is 6.13. The number of ether oxygens (including phenoxy) is 1. The standard InChI is InChI=1S/C30H40N4O4S/c1-22-18-27(38-3)19-23(2)30(22)39(36,37)31-26-7-6-25-11-17-34(28(25)20-26)21-29(35)33-15-9-24(10-16-33)8-14-32-12-4-5-13-32/h6-7,11,17-20,24,31H,4-5,8-10,12-16,21H2,1-3H3. The number of rotatable bonds is 9. The number of hydrogen-bond acceptors (Lipinski definition) is 5. The summed E-state index contributed by atoms with van der Waals surface area (Å²) in [6, 6.07) is 10.8. The molecule has 3 heterocycles. The second-order valence-electron chi connectivity index (χ2n) is 11.1. The third-order valence-electron chi connectivity index (χ3n) is 8.29. The van der Waals surface area contributed by atoms with Crippen molar-refractivity contribution in [3.8, 4) is 5.75 Å². The van der Waals surface area contributed by atoms with Crippen molar-refractivity contribution in [3.63, 3.8) is 0 Å². The highest BCUT2D eigenvalue weighted by Crippen LogP contribution is 2.29.